The van der Waals surface area contributed by atoms with Crippen LogP contribution in [-0.2, 0) is 13.5 Å². The van der Waals surface area contributed by atoms with E-state index in [9.17, 15) is 4.79 Å². The Morgan fingerprint density at radius 3 is 3.07 bits per heavy atom. The van der Waals surface area contributed by atoms with Crippen molar-refractivity contribution in [3.63, 3.8) is 0 Å². The fourth-order valence-corrected chi connectivity index (χ4v) is 1.13. The average Bonchev–Trinajstić information content (AvgIpc) is 2.77. The summed E-state index contributed by atoms with van der Waals surface area (Å²) in [6.45, 7) is 0. The van der Waals surface area contributed by atoms with E-state index in [0.717, 1.165) is 0 Å². The molecule has 6 heteroatoms. The molecule has 0 spiro atoms. The molecule has 0 aliphatic carbocycles. The summed E-state index contributed by atoms with van der Waals surface area (Å²) in [5.74, 6) is 0.631. The fourth-order valence-electron chi connectivity index (χ4n) is 1.13. The van der Waals surface area contributed by atoms with Crippen molar-refractivity contribution in [3.05, 3.63) is 30.1 Å². The van der Waals surface area contributed by atoms with Crippen LogP contribution in [-0.4, -0.2) is 30.7 Å². The predicted octanol–water partition coefficient (Wildman–Crippen LogP) is -0.0364. The zero-order valence-corrected chi connectivity index (χ0v) is 7.64. The van der Waals surface area contributed by atoms with Gasteiger partial charge in [-0.15, -0.1) is 0 Å². The van der Waals surface area contributed by atoms with Gasteiger partial charge in [-0.2, -0.15) is 10.2 Å². The van der Waals surface area contributed by atoms with Crippen LogP contribution in [0, 0.1) is 0 Å². The van der Waals surface area contributed by atoms with Crippen molar-refractivity contribution in [2.24, 2.45) is 7.05 Å². The number of aryl methyl sites for hydroxylation is 1. The van der Waals surface area contributed by atoms with Gasteiger partial charge in [-0.25, -0.2) is 4.98 Å². The molecule has 0 fully saturated rings. The molecule has 0 saturated carbocycles. The Hall–Kier alpha value is -1.98. The SMILES string of the molecule is Cn1ncnc1CC(=O)c1cn[nH]c1. The lowest BCUT2D eigenvalue weighted by Gasteiger charge is -1.96. The molecule has 1 N–H and O–H groups in total. The molecule has 0 aliphatic rings. The molecule has 14 heavy (non-hydrogen) atoms. The van der Waals surface area contributed by atoms with E-state index in [0.29, 0.717) is 11.4 Å². The van der Waals surface area contributed by atoms with Crippen molar-refractivity contribution in [1.29, 1.82) is 0 Å². The number of rotatable bonds is 3. The number of ketones is 1. The van der Waals surface area contributed by atoms with E-state index in [2.05, 4.69) is 20.3 Å². The predicted molar refractivity (Wildman–Crippen MR) is 47.6 cm³/mol. The Morgan fingerprint density at radius 2 is 2.50 bits per heavy atom. The quantitative estimate of drug-likeness (QED) is 0.691. The number of carbonyl (C=O) groups excluding carboxylic acids is 1. The summed E-state index contributed by atoms with van der Waals surface area (Å²) in [4.78, 5) is 15.6. The summed E-state index contributed by atoms with van der Waals surface area (Å²) >= 11 is 0. The van der Waals surface area contributed by atoms with E-state index < -0.39 is 0 Å². The molecule has 0 amide bonds. The second-order valence-corrected chi connectivity index (χ2v) is 2.89. The Kier molecular flexibility index (Phi) is 2.10. The summed E-state index contributed by atoms with van der Waals surface area (Å²) < 4.78 is 1.58. The number of Topliss-reactive ketones (excluding diaryl/α,β-unsaturated/α-hetero) is 1. The third-order valence-corrected chi connectivity index (χ3v) is 1.94. The van der Waals surface area contributed by atoms with Crippen molar-refractivity contribution in [2.45, 2.75) is 6.42 Å². The van der Waals surface area contributed by atoms with Gasteiger partial charge >= 0.3 is 0 Å². The van der Waals surface area contributed by atoms with Crippen LogP contribution in [0.25, 0.3) is 0 Å². The van der Waals surface area contributed by atoms with E-state index >= 15 is 0 Å². The van der Waals surface area contributed by atoms with Crippen LogP contribution in [0.3, 0.4) is 0 Å². The smallest absolute Gasteiger partial charge is 0.173 e. The average molecular weight is 191 g/mol. The molecular weight excluding hydrogens is 182 g/mol. The lowest BCUT2D eigenvalue weighted by atomic mass is 10.2. The summed E-state index contributed by atoms with van der Waals surface area (Å²) in [7, 11) is 1.75. The largest absolute Gasteiger partial charge is 0.294 e. The van der Waals surface area contributed by atoms with Crippen LogP contribution in [0.15, 0.2) is 18.7 Å². The maximum absolute atomic E-state index is 11.6. The van der Waals surface area contributed by atoms with Crippen LogP contribution in [0.4, 0.5) is 0 Å². The molecule has 0 aliphatic heterocycles. The summed E-state index contributed by atoms with van der Waals surface area (Å²) in [6, 6.07) is 0. The highest BCUT2D eigenvalue weighted by atomic mass is 16.1. The molecular formula is C8H9N5O. The van der Waals surface area contributed by atoms with Gasteiger partial charge in [0.25, 0.3) is 0 Å². The number of nitrogens with one attached hydrogen (secondary N) is 1. The summed E-state index contributed by atoms with van der Waals surface area (Å²) in [6.07, 6.45) is 4.74. The topological polar surface area (TPSA) is 76.5 Å². The lowest BCUT2D eigenvalue weighted by Crippen LogP contribution is -2.08. The van der Waals surface area contributed by atoms with Crippen LogP contribution in [0.2, 0.25) is 0 Å². The van der Waals surface area contributed by atoms with Crippen LogP contribution < -0.4 is 0 Å². The molecule has 2 heterocycles. The molecule has 2 aromatic heterocycles. The zero-order chi connectivity index (χ0) is 9.97. The third kappa shape index (κ3) is 1.54. The van der Waals surface area contributed by atoms with Gasteiger partial charge in [-0.3, -0.25) is 14.6 Å². The van der Waals surface area contributed by atoms with E-state index in [1.165, 1.54) is 12.5 Å². The first-order valence-electron chi connectivity index (χ1n) is 4.12. The minimum atomic E-state index is -0.0187. The van der Waals surface area contributed by atoms with E-state index in [1.54, 1.807) is 17.9 Å². The van der Waals surface area contributed by atoms with Gasteiger partial charge in [0, 0.05) is 13.2 Å². The van der Waals surface area contributed by atoms with Crippen molar-refractivity contribution in [1.82, 2.24) is 25.0 Å². The molecule has 0 saturated heterocycles. The zero-order valence-electron chi connectivity index (χ0n) is 7.64. The molecule has 0 unspecified atom stereocenters. The number of nitrogens with zero attached hydrogens (tertiary/aromatic N) is 4. The van der Waals surface area contributed by atoms with Gasteiger partial charge in [0.05, 0.1) is 18.2 Å². The Bertz CT molecular complexity index is 430. The molecule has 0 atom stereocenters. The van der Waals surface area contributed by atoms with Crippen LogP contribution in [0.5, 0.6) is 0 Å². The standard InChI is InChI=1S/C8H9N5O/c1-13-8(9-5-12-13)2-7(14)6-3-10-11-4-6/h3-5H,2H2,1H3,(H,10,11). The molecule has 0 radical (unpaired) electrons. The highest BCUT2D eigenvalue weighted by Crippen LogP contribution is 2.01. The number of hydrogen-bond acceptors (Lipinski definition) is 4. The van der Waals surface area contributed by atoms with Gasteiger partial charge in [0.2, 0.25) is 0 Å². The highest BCUT2D eigenvalue weighted by Gasteiger charge is 2.11. The van der Waals surface area contributed by atoms with E-state index in [-0.39, 0.29) is 12.2 Å². The number of hydrogen-bond donors (Lipinski definition) is 1. The minimum absolute atomic E-state index is 0.0187. The van der Waals surface area contributed by atoms with E-state index in [4.69, 9.17) is 0 Å². The Morgan fingerprint density at radius 1 is 1.64 bits per heavy atom. The highest BCUT2D eigenvalue weighted by molar-refractivity contribution is 5.96. The van der Waals surface area contributed by atoms with E-state index in [1.807, 2.05) is 0 Å². The van der Waals surface area contributed by atoms with Gasteiger partial charge in [0.1, 0.15) is 12.2 Å². The first-order valence-corrected chi connectivity index (χ1v) is 4.12. The number of aromatic nitrogens is 5. The Balaban J connectivity index is 2.13. The first kappa shape index (κ1) is 8.61. The monoisotopic (exact) mass is 191 g/mol. The molecule has 2 aromatic rings. The second-order valence-electron chi connectivity index (χ2n) is 2.89. The minimum Gasteiger partial charge on any atom is -0.294 e. The molecule has 0 bridgehead atoms. The second kappa shape index (κ2) is 3.41. The van der Waals surface area contributed by atoms with Crippen molar-refractivity contribution < 1.29 is 4.79 Å². The molecule has 72 valence electrons. The maximum Gasteiger partial charge on any atom is 0.173 e. The lowest BCUT2D eigenvalue weighted by molar-refractivity contribution is 0.0989. The Labute approximate surface area is 80.0 Å². The van der Waals surface area contributed by atoms with Crippen molar-refractivity contribution >= 4 is 5.78 Å². The normalized spacial score (nSPS) is 10.4. The van der Waals surface area contributed by atoms with Crippen molar-refractivity contribution in [3.8, 4) is 0 Å². The van der Waals surface area contributed by atoms with Gasteiger partial charge in [-0.1, -0.05) is 0 Å². The number of H-pyrrole nitrogens is 1. The molecule has 6 nitrogen and oxygen atoms in total. The van der Waals surface area contributed by atoms with Gasteiger partial charge in [-0.05, 0) is 0 Å². The number of carbonyl (C=O) groups is 1. The molecule has 2 rings (SSSR count). The summed E-state index contributed by atoms with van der Waals surface area (Å²) in [5.41, 5.74) is 0.563. The molecule has 0 aromatic carbocycles. The summed E-state index contributed by atoms with van der Waals surface area (Å²) in [5, 5.41) is 10.2. The fraction of sp³-hybridized carbons (Fsp3) is 0.250. The third-order valence-electron chi connectivity index (χ3n) is 1.94. The number of aromatic amines is 1. The van der Waals surface area contributed by atoms with Crippen molar-refractivity contribution in [2.75, 3.05) is 0 Å². The van der Waals surface area contributed by atoms with Crippen LogP contribution in [0.1, 0.15) is 16.2 Å². The van der Waals surface area contributed by atoms with Gasteiger partial charge in [0.15, 0.2) is 5.78 Å². The van der Waals surface area contributed by atoms with Crippen LogP contribution >= 0.6 is 0 Å². The first-order chi connectivity index (χ1) is 6.77. The maximum atomic E-state index is 11.6. The van der Waals surface area contributed by atoms with Gasteiger partial charge < -0.3 is 0 Å².